The Labute approximate surface area is 87.9 Å². The normalized spacial score (nSPS) is 12.6. The van der Waals surface area contributed by atoms with Gasteiger partial charge in [0.05, 0.1) is 6.04 Å². The highest BCUT2D eigenvalue weighted by atomic mass is 15.5. The van der Waals surface area contributed by atoms with Crippen molar-refractivity contribution < 1.29 is 0 Å². The van der Waals surface area contributed by atoms with E-state index in [4.69, 9.17) is 0 Å². The molecule has 1 aromatic carbocycles. The number of tetrazole rings is 1. The number of nitrogens with one attached hydrogen (secondary N) is 2. The van der Waals surface area contributed by atoms with Gasteiger partial charge < -0.3 is 5.32 Å². The maximum atomic E-state index is 3.97. The van der Waals surface area contributed by atoms with E-state index in [1.807, 2.05) is 25.2 Å². The van der Waals surface area contributed by atoms with Crippen LogP contribution in [-0.2, 0) is 6.42 Å². The highest BCUT2D eigenvalue weighted by Crippen LogP contribution is 2.12. The van der Waals surface area contributed by atoms with Crippen molar-refractivity contribution >= 4 is 0 Å². The summed E-state index contributed by atoms with van der Waals surface area (Å²) in [4.78, 5) is 0. The molecule has 0 amide bonds. The van der Waals surface area contributed by atoms with E-state index in [1.54, 1.807) is 0 Å². The van der Waals surface area contributed by atoms with Gasteiger partial charge in [-0.05, 0) is 19.0 Å². The Morgan fingerprint density at radius 1 is 1.33 bits per heavy atom. The van der Waals surface area contributed by atoms with Gasteiger partial charge in [-0.15, -0.1) is 10.2 Å². The fourth-order valence-corrected chi connectivity index (χ4v) is 1.49. The van der Waals surface area contributed by atoms with Crippen molar-refractivity contribution in [3.8, 4) is 0 Å². The molecule has 0 saturated carbocycles. The van der Waals surface area contributed by atoms with E-state index < -0.39 is 0 Å². The lowest BCUT2D eigenvalue weighted by atomic mass is 10.1. The van der Waals surface area contributed by atoms with Crippen LogP contribution >= 0.6 is 0 Å². The third-order valence-corrected chi connectivity index (χ3v) is 2.30. The van der Waals surface area contributed by atoms with Crippen LogP contribution in [0.4, 0.5) is 0 Å². The zero-order valence-electron chi connectivity index (χ0n) is 8.51. The van der Waals surface area contributed by atoms with Crippen molar-refractivity contribution in [3.63, 3.8) is 0 Å². The zero-order valence-corrected chi connectivity index (χ0v) is 8.51. The summed E-state index contributed by atoms with van der Waals surface area (Å²) >= 11 is 0. The Morgan fingerprint density at radius 2 is 2.13 bits per heavy atom. The van der Waals surface area contributed by atoms with E-state index in [0.29, 0.717) is 5.82 Å². The SMILES string of the molecule is CN[C@@H](Cc1ccccc1)c1nn[nH]n1. The summed E-state index contributed by atoms with van der Waals surface area (Å²) in [6.07, 6.45) is 0.858. The van der Waals surface area contributed by atoms with Crippen LogP contribution in [0.15, 0.2) is 30.3 Å². The Hall–Kier alpha value is -1.75. The van der Waals surface area contributed by atoms with Gasteiger partial charge in [0.25, 0.3) is 0 Å². The molecule has 5 heteroatoms. The maximum absolute atomic E-state index is 3.97. The quantitative estimate of drug-likeness (QED) is 0.767. The molecule has 0 spiro atoms. The average Bonchev–Trinajstić information content (AvgIpc) is 2.81. The van der Waals surface area contributed by atoms with Crippen LogP contribution in [0.5, 0.6) is 0 Å². The van der Waals surface area contributed by atoms with Crippen molar-refractivity contribution in [2.24, 2.45) is 0 Å². The summed E-state index contributed by atoms with van der Waals surface area (Å²) in [6.45, 7) is 0. The molecule has 2 aromatic rings. The second kappa shape index (κ2) is 4.65. The van der Waals surface area contributed by atoms with Crippen LogP contribution in [0.3, 0.4) is 0 Å². The molecule has 2 rings (SSSR count). The second-order valence-corrected chi connectivity index (χ2v) is 3.30. The molecule has 0 radical (unpaired) electrons. The lowest BCUT2D eigenvalue weighted by molar-refractivity contribution is 0.558. The minimum atomic E-state index is 0.103. The lowest BCUT2D eigenvalue weighted by Crippen LogP contribution is -2.20. The number of hydrogen-bond donors (Lipinski definition) is 2. The van der Waals surface area contributed by atoms with Gasteiger partial charge in [-0.25, -0.2) is 0 Å². The molecule has 1 heterocycles. The molecule has 0 aliphatic rings. The van der Waals surface area contributed by atoms with Crippen LogP contribution in [0.2, 0.25) is 0 Å². The predicted molar refractivity (Wildman–Crippen MR) is 56.1 cm³/mol. The van der Waals surface area contributed by atoms with Gasteiger partial charge in [-0.3, -0.25) is 0 Å². The van der Waals surface area contributed by atoms with Gasteiger partial charge in [0.1, 0.15) is 0 Å². The smallest absolute Gasteiger partial charge is 0.191 e. The van der Waals surface area contributed by atoms with Crippen LogP contribution in [-0.4, -0.2) is 27.7 Å². The standard InChI is InChI=1S/C10H13N5/c1-11-9(10-12-14-15-13-10)7-8-5-3-2-4-6-8/h2-6,9,11H,7H2,1H3,(H,12,13,14,15)/t9-/m0/s1. The molecule has 0 aliphatic carbocycles. The third kappa shape index (κ3) is 2.38. The van der Waals surface area contributed by atoms with E-state index in [1.165, 1.54) is 5.56 Å². The first-order valence-electron chi connectivity index (χ1n) is 4.84. The number of aromatic nitrogens is 4. The second-order valence-electron chi connectivity index (χ2n) is 3.30. The summed E-state index contributed by atoms with van der Waals surface area (Å²) in [5.41, 5.74) is 1.25. The van der Waals surface area contributed by atoms with Crippen molar-refractivity contribution in [2.45, 2.75) is 12.5 Å². The monoisotopic (exact) mass is 203 g/mol. The molecular formula is C10H13N5. The third-order valence-electron chi connectivity index (χ3n) is 2.30. The van der Waals surface area contributed by atoms with Crippen molar-refractivity contribution in [3.05, 3.63) is 41.7 Å². The molecule has 15 heavy (non-hydrogen) atoms. The number of rotatable bonds is 4. The molecule has 5 nitrogen and oxygen atoms in total. The van der Waals surface area contributed by atoms with E-state index in [0.717, 1.165) is 6.42 Å². The van der Waals surface area contributed by atoms with Crippen molar-refractivity contribution in [1.29, 1.82) is 0 Å². The Bertz CT molecular complexity index is 383. The van der Waals surface area contributed by atoms with Gasteiger partial charge in [0, 0.05) is 0 Å². The number of aromatic amines is 1. The van der Waals surface area contributed by atoms with Crippen LogP contribution < -0.4 is 5.32 Å². The molecule has 2 N–H and O–H groups in total. The molecule has 0 aliphatic heterocycles. The van der Waals surface area contributed by atoms with Crippen LogP contribution in [0, 0.1) is 0 Å². The average molecular weight is 203 g/mol. The highest BCUT2D eigenvalue weighted by molar-refractivity contribution is 5.16. The van der Waals surface area contributed by atoms with E-state index in [-0.39, 0.29) is 6.04 Å². The zero-order chi connectivity index (χ0) is 10.5. The molecule has 0 fully saturated rings. The topological polar surface area (TPSA) is 66.5 Å². The Balaban J connectivity index is 2.10. The first-order valence-corrected chi connectivity index (χ1v) is 4.84. The maximum Gasteiger partial charge on any atom is 0.191 e. The van der Waals surface area contributed by atoms with E-state index in [9.17, 15) is 0 Å². The lowest BCUT2D eigenvalue weighted by Gasteiger charge is -2.11. The molecule has 0 unspecified atom stereocenters. The summed E-state index contributed by atoms with van der Waals surface area (Å²) in [7, 11) is 1.89. The largest absolute Gasteiger partial charge is 0.310 e. The van der Waals surface area contributed by atoms with Crippen molar-refractivity contribution in [1.82, 2.24) is 25.9 Å². The fraction of sp³-hybridized carbons (Fsp3) is 0.300. The number of nitrogens with zero attached hydrogens (tertiary/aromatic N) is 3. The Kier molecular flexibility index (Phi) is 3.04. The van der Waals surface area contributed by atoms with Gasteiger partial charge >= 0.3 is 0 Å². The molecule has 0 saturated heterocycles. The predicted octanol–water partition coefficient (Wildman–Crippen LogP) is 0.703. The van der Waals surface area contributed by atoms with Crippen molar-refractivity contribution in [2.75, 3.05) is 7.05 Å². The first-order chi connectivity index (χ1) is 7.40. The summed E-state index contributed by atoms with van der Waals surface area (Å²) in [5, 5.41) is 17.1. The minimum absolute atomic E-state index is 0.103. The Morgan fingerprint density at radius 3 is 2.73 bits per heavy atom. The van der Waals surface area contributed by atoms with E-state index >= 15 is 0 Å². The fourth-order valence-electron chi connectivity index (χ4n) is 1.49. The molecule has 0 bridgehead atoms. The van der Waals surface area contributed by atoms with Gasteiger partial charge in [0.15, 0.2) is 5.82 Å². The number of hydrogen-bond acceptors (Lipinski definition) is 4. The molecule has 78 valence electrons. The van der Waals surface area contributed by atoms with Crippen LogP contribution in [0.1, 0.15) is 17.4 Å². The van der Waals surface area contributed by atoms with Gasteiger partial charge in [-0.2, -0.15) is 5.21 Å². The van der Waals surface area contributed by atoms with Gasteiger partial charge in [-0.1, -0.05) is 35.5 Å². The molecular weight excluding hydrogens is 190 g/mol. The number of likely N-dealkylation sites (N-methyl/N-ethyl adjacent to an activating group) is 1. The summed E-state index contributed by atoms with van der Waals surface area (Å²) in [6, 6.07) is 10.3. The van der Waals surface area contributed by atoms with Gasteiger partial charge in [0.2, 0.25) is 0 Å². The number of H-pyrrole nitrogens is 1. The summed E-state index contributed by atoms with van der Waals surface area (Å²) < 4.78 is 0. The summed E-state index contributed by atoms with van der Waals surface area (Å²) in [5.74, 6) is 0.696. The highest BCUT2D eigenvalue weighted by Gasteiger charge is 2.13. The molecule has 1 atom stereocenters. The first kappa shape index (κ1) is 9.79. The van der Waals surface area contributed by atoms with E-state index in [2.05, 4.69) is 38.1 Å². The number of benzene rings is 1. The molecule has 1 aromatic heterocycles. The minimum Gasteiger partial charge on any atom is -0.310 e. The van der Waals surface area contributed by atoms with Crippen LogP contribution in [0.25, 0.3) is 0 Å².